The Morgan fingerprint density at radius 2 is 2.40 bits per heavy atom. The van der Waals surface area contributed by atoms with E-state index in [1.165, 1.54) is 11.3 Å². The fourth-order valence-electron chi connectivity index (χ4n) is 1.51. The third-order valence-corrected chi connectivity index (χ3v) is 2.95. The first-order valence-corrected chi connectivity index (χ1v) is 5.79. The van der Waals surface area contributed by atoms with E-state index in [1.54, 1.807) is 12.4 Å². The SMILES string of the molecule is CCCn1c(-c2cccnc2)csc1=O. The Morgan fingerprint density at radius 1 is 1.53 bits per heavy atom. The monoisotopic (exact) mass is 220 g/mol. The Balaban J connectivity index is 2.49. The van der Waals surface area contributed by atoms with Gasteiger partial charge >= 0.3 is 4.87 Å². The lowest BCUT2D eigenvalue weighted by molar-refractivity contribution is 0.675. The van der Waals surface area contributed by atoms with Gasteiger partial charge in [-0.1, -0.05) is 18.3 Å². The standard InChI is InChI=1S/C11H12N2OS/c1-2-6-13-10(8-15-11(13)14)9-4-3-5-12-7-9/h3-5,7-8H,2,6H2,1H3. The predicted molar refractivity (Wildman–Crippen MR) is 62.1 cm³/mol. The van der Waals surface area contributed by atoms with Crippen LogP contribution >= 0.6 is 11.3 Å². The summed E-state index contributed by atoms with van der Waals surface area (Å²) in [6, 6.07) is 3.86. The second kappa shape index (κ2) is 4.40. The van der Waals surface area contributed by atoms with Gasteiger partial charge in [0.25, 0.3) is 0 Å². The summed E-state index contributed by atoms with van der Waals surface area (Å²) in [6.07, 6.45) is 4.48. The number of pyridine rings is 1. The highest BCUT2D eigenvalue weighted by Gasteiger charge is 2.07. The molecule has 0 N–H and O–H groups in total. The largest absolute Gasteiger partial charge is 0.307 e. The van der Waals surface area contributed by atoms with E-state index in [4.69, 9.17) is 0 Å². The first kappa shape index (κ1) is 10.1. The smallest absolute Gasteiger partial charge is 0.299 e. The molecule has 4 heteroatoms. The number of aromatic nitrogens is 2. The van der Waals surface area contributed by atoms with Gasteiger partial charge in [-0.2, -0.15) is 0 Å². The molecular formula is C11H12N2OS. The molecule has 0 aromatic carbocycles. The highest BCUT2D eigenvalue weighted by atomic mass is 32.1. The van der Waals surface area contributed by atoms with Crippen molar-refractivity contribution in [3.05, 3.63) is 39.6 Å². The van der Waals surface area contributed by atoms with E-state index in [0.717, 1.165) is 24.2 Å². The van der Waals surface area contributed by atoms with Gasteiger partial charge in [0.05, 0.1) is 5.69 Å². The molecule has 3 nitrogen and oxygen atoms in total. The molecule has 0 saturated carbocycles. The number of hydrogen-bond acceptors (Lipinski definition) is 3. The Morgan fingerprint density at radius 3 is 3.07 bits per heavy atom. The topological polar surface area (TPSA) is 34.9 Å². The average Bonchev–Trinajstić information content (AvgIpc) is 2.63. The molecular weight excluding hydrogens is 208 g/mol. The van der Waals surface area contributed by atoms with Gasteiger partial charge in [-0.25, -0.2) is 0 Å². The summed E-state index contributed by atoms with van der Waals surface area (Å²) in [5.74, 6) is 0. The summed E-state index contributed by atoms with van der Waals surface area (Å²) in [6.45, 7) is 2.84. The van der Waals surface area contributed by atoms with Crippen LogP contribution < -0.4 is 4.87 Å². The average molecular weight is 220 g/mol. The lowest BCUT2D eigenvalue weighted by Crippen LogP contribution is -2.13. The summed E-state index contributed by atoms with van der Waals surface area (Å²) in [7, 11) is 0. The molecule has 2 heterocycles. The Bertz CT molecular complexity index is 487. The molecule has 2 rings (SSSR count). The van der Waals surface area contributed by atoms with Crippen LogP contribution in [-0.4, -0.2) is 9.55 Å². The second-order valence-electron chi connectivity index (χ2n) is 3.28. The molecule has 0 radical (unpaired) electrons. The van der Waals surface area contributed by atoms with Crippen molar-refractivity contribution in [3.8, 4) is 11.3 Å². The minimum Gasteiger partial charge on any atom is -0.299 e. The van der Waals surface area contributed by atoms with Crippen LogP contribution in [0.3, 0.4) is 0 Å². The highest BCUT2D eigenvalue weighted by Crippen LogP contribution is 2.18. The molecule has 0 aliphatic heterocycles. The van der Waals surface area contributed by atoms with Crippen LogP contribution in [0, 0.1) is 0 Å². The van der Waals surface area contributed by atoms with E-state index >= 15 is 0 Å². The van der Waals surface area contributed by atoms with Crippen LogP contribution in [0.4, 0.5) is 0 Å². The molecule has 0 atom stereocenters. The van der Waals surface area contributed by atoms with Gasteiger partial charge < -0.3 is 0 Å². The Kier molecular flexibility index (Phi) is 2.97. The van der Waals surface area contributed by atoms with E-state index in [9.17, 15) is 4.79 Å². The van der Waals surface area contributed by atoms with Crippen LogP contribution in [0.5, 0.6) is 0 Å². The van der Waals surface area contributed by atoms with Gasteiger partial charge in [-0.15, -0.1) is 0 Å². The first-order valence-electron chi connectivity index (χ1n) is 4.91. The maximum absolute atomic E-state index is 11.6. The van der Waals surface area contributed by atoms with Crippen molar-refractivity contribution in [2.45, 2.75) is 19.9 Å². The number of nitrogens with zero attached hydrogens (tertiary/aromatic N) is 2. The fraction of sp³-hybridized carbons (Fsp3) is 0.273. The van der Waals surface area contributed by atoms with Gasteiger partial charge in [-0.05, 0) is 18.6 Å². The van der Waals surface area contributed by atoms with E-state index in [2.05, 4.69) is 11.9 Å². The molecule has 0 aliphatic carbocycles. The molecule has 0 aliphatic rings. The van der Waals surface area contributed by atoms with Crippen molar-refractivity contribution < 1.29 is 0 Å². The van der Waals surface area contributed by atoms with E-state index in [1.807, 2.05) is 22.1 Å². The second-order valence-corrected chi connectivity index (χ2v) is 4.10. The van der Waals surface area contributed by atoms with E-state index in [-0.39, 0.29) is 4.87 Å². The molecule has 15 heavy (non-hydrogen) atoms. The summed E-state index contributed by atoms with van der Waals surface area (Å²) in [5, 5.41) is 1.90. The zero-order chi connectivity index (χ0) is 10.7. The predicted octanol–water partition coefficient (Wildman–Crippen LogP) is 2.38. The quantitative estimate of drug-likeness (QED) is 0.796. The Labute approximate surface area is 92.0 Å². The maximum Gasteiger partial charge on any atom is 0.307 e. The van der Waals surface area contributed by atoms with Crippen LogP contribution in [0.25, 0.3) is 11.3 Å². The van der Waals surface area contributed by atoms with Gasteiger partial charge in [0, 0.05) is 29.9 Å². The summed E-state index contributed by atoms with van der Waals surface area (Å²) >= 11 is 1.25. The van der Waals surface area contributed by atoms with Gasteiger partial charge in [0.2, 0.25) is 0 Å². The van der Waals surface area contributed by atoms with Gasteiger partial charge in [0.1, 0.15) is 0 Å². The zero-order valence-corrected chi connectivity index (χ0v) is 9.33. The normalized spacial score (nSPS) is 10.5. The summed E-state index contributed by atoms with van der Waals surface area (Å²) in [5.41, 5.74) is 1.98. The van der Waals surface area contributed by atoms with Crippen molar-refractivity contribution >= 4 is 11.3 Å². The molecule has 0 spiro atoms. The molecule has 2 aromatic heterocycles. The number of hydrogen-bond donors (Lipinski definition) is 0. The van der Waals surface area contributed by atoms with Crippen LogP contribution in [0.2, 0.25) is 0 Å². The molecule has 2 aromatic rings. The summed E-state index contributed by atoms with van der Waals surface area (Å²) < 4.78 is 1.81. The Hall–Kier alpha value is -1.42. The van der Waals surface area contributed by atoms with Crippen LogP contribution in [0.1, 0.15) is 13.3 Å². The van der Waals surface area contributed by atoms with Crippen molar-refractivity contribution in [2.75, 3.05) is 0 Å². The molecule has 0 unspecified atom stereocenters. The van der Waals surface area contributed by atoms with Gasteiger partial charge in [-0.3, -0.25) is 14.3 Å². The molecule has 0 saturated heterocycles. The number of rotatable bonds is 3. The maximum atomic E-state index is 11.6. The van der Waals surface area contributed by atoms with Crippen molar-refractivity contribution in [3.63, 3.8) is 0 Å². The van der Waals surface area contributed by atoms with Crippen molar-refractivity contribution in [2.24, 2.45) is 0 Å². The highest BCUT2D eigenvalue weighted by molar-refractivity contribution is 7.07. The zero-order valence-electron chi connectivity index (χ0n) is 8.51. The molecule has 78 valence electrons. The van der Waals surface area contributed by atoms with Gasteiger partial charge in [0.15, 0.2) is 0 Å². The van der Waals surface area contributed by atoms with Crippen LogP contribution in [-0.2, 0) is 6.54 Å². The van der Waals surface area contributed by atoms with E-state index in [0.29, 0.717) is 0 Å². The molecule has 0 fully saturated rings. The minimum absolute atomic E-state index is 0.107. The van der Waals surface area contributed by atoms with Crippen molar-refractivity contribution in [1.29, 1.82) is 0 Å². The van der Waals surface area contributed by atoms with E-state index < -0.39 is 0 Å². The minimum atomic E-state index is 0.107. The summed E-state index contributed by atoms with van der Waals surface area (Å²) in [4.78, 5) is 15.7. The molecule has 0 bridgehead atoms. The number of thiazole rings is 1. The first-order chi connectivity index (χ1) is 7.33. The lowest BCUT2D eigenvalue weighted by atomic mass is 10.2. The van der Waals surface area contributed by atoms with Crippen molar-refractivity contribution in [1.82, 2.24) is 9.55 Å². The fourth-order valence-corrected chi connectivity index (χ4v) is 2.30. The lowest BCUT2D eigenvalue weighted by Gasteiger charge is -2.04. The third-order valence-electron chi connectivity index (χ3n) is 2.19. The third kappa shape index (κ3) is 1.99. The van der Waals surface area contributed by atoms with Crippen LogP contribution in [0.15, 0.2) is 34.7 Å². The molecule has 0 amide bonds.